The van der Waals surface area contributed by atoms with Gasteiger partial charge in [0, 0.05) is 17.6 Å². The summed E-state index contributed by atoms with van der Waals surface area (Å²) in [4.78, 5) is 3.86. The molecule has 14 heavy (non-hydrogen) atoms. The molecule has 1 heterocycles. The number of halogens is 3. The normalized spacial score (nSPS) is 10.7. The zero-order chi connectivity index (χ0) is 10.7. The molecule has 0 amide bonds. The fourth-order valence-corrected chi connectivity index (χ4v) is 1.58. The zero-order valence-corrected chi connectivity index (χ0v) is 8.61. The van der Waals surface area contributed by atoms with Crippen molar-refractivity contribution in [1.82, 2.24) is 4.98 Å². The van der Waals surface area contributed by atoms with Crippen LogP contribution in [0.1, 0.15) is 16.8 Å². The molecule has 0 radical (unpaired) electrons. The minimum atomic E-state index is -2.84. The third-order valence-corrected chi connectivity index (χ3v) is 2.14. The van der Waals surface area contributed by atoms with Crippen molar-refractivity contribution in [3.05, 3.63) is 22.9 Å². The molecule has 0 aliphatic carbocycles. The molecule has 5 heteroatoms. The van der Waals surface area contributed by atoms with Crippen molar-refractivity contribution in [2.75, 3.05) is 0 Å². The van der Waals surface area contributed by atoms with E-state index in [9.17, 15) is 8.78 Å². The topological polar surface area (TPSA) is 22.1 Å². The number of pyridine rings is 1. The molecule has 0 atom stereocenters. The molecule has 1 rings (SSSR count). The molecule has 0 saturated heterocycles. The van der Waals surface area contributed by atoms with Crippen LogP contribution in [-0.2, 0) is 5.88 Å². The van der Waals surface area contributed by atoms with Crippen LogP contribution in [0.15, 0.2) is 6.07 Å². The molecule has 0 aromatic carbocycles. The monoisotopic (exact) mass is 221 g/mol. The summed E-state index contributed by atoms with van der Waals surface area (Å²) in [6.45, 7) is 0.650. The van der Waals surface area contributed by atoms with Crippen LogP contribution >= 0.6 is 11.6 Å². The first-order valence-corrected chi connectivity index (χ1v) is 4.56. The van der Waals surface area contributed by atoms with E-state index in [4.69, 9.17) is 11.6 Å². The van der Waals surface area contributed by atoms with Gasteiger partial charge in [-0.15, -0.1) is 11.6 Å². The smallest absolute Gasteiger partial charge is 0.388 e. The maximum Gasteiger partial charge on any atom is 0.388 e. The van der Waals surface area contributed by atoms with E-state index >= 15 is 0 Å². The van der Waals surface area contributed by atoms with Crippen LogP contribution in [0.2, 0.25) is 0 Å². The molecule has 0 unspecified atom stereocenters. The van der Waals surface area contributed by atoms with E-state index in [2.05, 4.69) is 9.72 Å². The number of hydrogen-bond acceptors (Lipinski definition) is 2. The van der Waals surface area contributed by atoms with Crippen molar-refractivity contribution in [2.24, 2.45) is 0 Å². The summed E-state index contributed by atoms with van der Waals surface area (Å²) in [5, 5.41) is 0. The van der Waals surface area contributed by atoms with Gasteiger partial charge in [-0.05, 0) is 25.0 Å². The molecule has 0 fully saturated rings. The summed E-state index contributed by atoms with van der Waals surface area (Å²) < 4.78 is 27.9. The predicted molar refractivity (Wildman–Crippen MR) is 49.9 cm³/mol. The lowest BCUT2D eigenvalue weighted by atomic mass is 10.1. The SMILES string of the molecule is Cc1cc(OC(F)F)nc(C)c1CCl. The molecule has 0 N–H and O–H groups in total. The summed E-state index contributed by atoms with van der Waals surface area (Å²) in [6.07, 6.45) is 0. The Morgan fingerprint density at radius 3 is 2.57 bits per heavy atom. The molecule has 0 aliphatic heterocycles. The second-order valence-corrected chi connectivity index (χ2v) is 3.12. The van der Waals surface area contributed by atoms with Gasteiger partial charge in [0.1, 0.15) is 0 Å². The Labute approximate surface area is 85.9 Å². The number of aromatic nitrogens is 1. The number of hydrogen-bond donors (Lipinski definition) is 0. The van der Waals surface area contributed by atoms with Gasteiger partial charge in [-0.1, -0.05) is 0 Å². The van der Waals surface area contributed by atoms with Crippen LogP contribution < -0.4 is 4.74 Å². The minimum Gasteiger partial charge on any atom is -0.417 e. The third-order valence-electron chi connectivity index (χ3n) is 1.87. The van der Waals surface area contributed by atoms with Crippen LogP contribution in [-0.4, -0.2) is 11.6 Å². The molecule has 78 valence electrons. The third kappa shape index (κ3) is 2.54. The highest BCUT2D eigenvalue weighted by Gasteiger charge is 2.10. The first kappa shape index (κ1) is 11.2. The van der Waals surface area contributed by atoms with Gasteiger partial charge in [0.2, 0.25) is 5.88 Å². The molecule has 0 bridgehead atoms. The lowest BCUT2D eigenvalue weighted by Crippen LogP contribution is -2.06. The largest absolute Gasteiger partial charge is 0.417 e. The van der Waals surface area contributed by atoms with E-state index in [1.165, 1.54) is 6.07 Å². The van der Waals surface area contributed by atoms with E-state index in [1.54, 1.807) is 13.8 Å². The summed E-state index contributed by atoms with van der Waals surface area (Å²) in [6, 6.07) is 1.46. The van der Waals surface area contributed by atoms with E-state index < -0.39 is 6.61 Å². The Bertz CT molecular complexity index is 308. The molecule has 0 aliphatic rings. The summed E-state index contributed by atoms with van der Waals surface area (Å²) in [5.74, 6) is 0.253. The predicted octanol–water partition coefficient (Wildman–Crippen LogP) is 3.04. The van der Waals surface area contributed by atoms with Gasteiger partial charge in [0.15, 0.2) is 0 Å². The molecule has 2 nitrogen and oxygen atoms in total. The Hall–Kier alpha value is -0.900. The molecule has 0 spiro atoms. The van der Waals surface area contributed by atoms with Crippen LogP contribution in [0.25, 0.3) is 0 Å². The molecule has 1 aromatic heterocycles. The van der Waals surface area contributed by atoms with Gasteiger partial charge in [-0.2, -0.15) is 8.78 Å². The average Bonchev–Trinajstić information content (AvgIpc) is 2.01. The average molecular weight is 222 g/mol. The fourth-order valence-electron chi connectivity index (χ4n) is 1.18. The van der Waals surface area contributed by atoms with E-state index in [1.807, 2.05) is 0 Å². The van der Waals surface area contributed by atoms with Gasteiger partial charge in [0.05, 0.1) is 0 Å². The first-order chi connectivity index (χ1) is 6.54. The lowest BCUT2D eigenvalue weighted by Gasteiger charge is -2.09. The van der Waals surface area contributed by atoms with Crippen molar-refractivity contribution in [3.63, 3.8) is 0 Å². The highest BCUT2D eigenvalue weighted by molar-refractivity contribution is 6.17. The van der Waals surface area contributed by atoms with E-state index in [-0.39, 0.29) is 5.88 Å². The van der Waals surface area contributed by atoms with E-state index in [0.29, 0.717) is 11.6 Å². The number of alkyl halides is 3. The van der Waals surface area contributed by atoms with Crippen LogP contribution in [0.4, 0.5) is 8.78 Å². The second kappa shape index (κ2) is 4.55. The van der Waals surface area contributed by atoms with Crippen molar-refractivity contribution < 1.29 is 13.5 Å². The van der Waals surface area contributed by atoms with Crippen molar-refractivity contribution in [2.45, 2.75) is 26.3 Å². The minimum absolute atomic E-state index is 0.0659. The Morgan fingerprint density at radius 2 is 2.14 bits per heavy atom. The highest BCUT2D eigenvalue weighted by Crippen LogP contribution is 2.20. The van der Waals surface area contributed by atoms with Crippen molar-refractivity contribution >= 4 is 11.6 Å². The van der Waals surface area contributed by atoms with Gasteiger partial charge in [0.25, 0.3) is 0 Å². The zero-order valence-electron chi connectivity index (χ0n) is 7.85. The van der Waals surface area contributed by atoms with Gasteiger partial charge in [-0.25, -0.2) is 4.98 Å². The van der Waals surface area contributed by atoms with E-state index in [0.717, 1.165) is 11.1 Å². The molecular formula is C9H10ClF2NO. The number of ether oxygens (including phenoxy) is 1. The first-order valence-electron chi connectivity index (χ1n) is 4.02. The Balaban J connectivity index is 3.01. The van der Waals surface area contributed by atoms with Gasteiger partial charge < -0.3 is 4.74 Å². The van der Waals surface area contributed by atoms with Gasteiger partial charge >= 0.3 is 6.61 Å². The summed E-state index contributed by atoms with van der Waals surface area (Å²) in [5.41, 5.74) is 2.28. The quantitative estimate of drug-likeness (QED) is 0.732. The van der Waals surface area contributed by atoms with Crippen LogP contribution in [0, 0.1) is 13.8 Å². The van der Waals surface area contributed by atoms with Crippen molar-refractivity contribution in [3.8, 4) is 5.88 Å². The summed E-state index contributed by atoms with van der Waals surface area (Å²) in [7, 11) is 0. The van der Waals surface area contributed by atoms with Crippen molar-refractivity contribution in [1.29, 1.82) is 0 Å². The Kier molecular flexibility index (Phi) is 3.63. The fraction of sp³-hybridized carbons (Fsp3) is 0.444. The summed E-state index contributed by atoms with van der Waals surface area (Å²) >= 11 is 5.67. The molecular weight excluding hydrogens is 212 g/mol. The standard InChI is InChI=1S/C9H10ClF2NO/c1-5-3-8(14-9(11)12)13-6(2)7(5)4-10/h3,9H,4H2,1-2H3. The maximum absolute atomic E-state index is 11.9. The number of aryl methyl sites for hydroxylation is 2. The molecule has 0 saturated carbocycles. The Morgan fingerprint density at radius 1 is 1.50 bits per heavy atom. The van der Waals surface area contributed by atoms with Crippen LogP contribution in [0.3, 0.4) is 0 Å². The number of nitrogens with zero attached hydrogens (tertiary/aromatic N) is 1. The second-order valence-electron chi connectivity index (χ2n) is 2.85. The number of rotatable bonds is 3. The maximum atomic E-state index is 11.9. The molecule has 1 aromatic rings. The van der Waals surface area contributed by atoms with Gasteiger partial charge in [-0.3, -0.25) is 0 Å². The lowest BCUT2D eigenvalue weighted by molar-refractivity contribution is -0.0529. The highest BCUT2D eigenvalue weighted by atomic mass is 35.5. The van der Waals surface area contributed by atoms with Crippen LogP contribution in [0.5, 0.6) is 5.88 Å².